The summed E-state index contributed by atoms with van der Waals surface area (Å²) in [7, 11) is 3.33. The second kappa shape index (κ2) is 9.74. The fourth-order valence-electron chi connectivity index (χ4n) is 5.61. The van der Waals surface area contributed by atoms with Crippen LogP contribution in [0.5, 0.6) is 11.5 Å². The maximum atomic E-state index is 11.5. The molecule has 3 fully saturated rings. The van der Waals surface area contributed by atoms with Crippen LogP contribution in [0, 0.1) is 11.8 Å². The smallest absolute Gasteiger partial charge is 0.119 e. The number of hydrogen-bond acceptors (Lipinski definition) is 6. The van der Waals surface area contributed by atoms with Crippen LogP contribution in [0.4, 0.5) is 0 Å². The SMILES string of the molecule is C=C[C@H]1CN2CC[C@H]1[C@@H](O)[C@H]2[C@H](OCc1ccc(OC)cc1)c1ccnc2ccc(OC)cc12. The molecule has 178 valence electrons. The number of rotatable bonds is 8. The molecule has 0 amide bonds. The van der Waals surface area contributed by atoms with Crippen LogP contribution in [0.2, 0.25) is 0 Å². The van der Waals surface area contributed by atoms with Gasteiger partial charge in [-0.05, 0) is 72.3 Å². The molecule has 2 aromatic carbocycles. The van der Waals surface area contributed by atoms with Crippen molar-refractivity contribution in [3.63, 3.8) is 0 Å². The van der Waals surface area contributed by atoms with Crippen molar-refractivity contribution in [2.45, 2.75) is 31.3 Å². The molecule has 1 aromatic heterocycles. The number of piperidine rings is 3. The maximum Gasteiger partial charge on any atom is 0.119 e. The topological polar surface area (TPSA) is 64.1 Å². The third kappa shape index (κ3) is 4.17. The van der Waals surface area contributed by atoms with Gasteiger partial charge in [-0.15, -0.1) is 6.58 Å². The number of nitrogens with zero attached hydrogens (tertiary/aromatic N) is 2. The molecule has 4 heterocycles. The molecule has 6 heteroatoms. The van der Waals surface area contributed by atoms with E-state index in [0.29, 0.717) is 12.5 Å². The van der Waals surface area contributed by atoms with Crippen molar-refractivity contribution in [1.82, 2.24) is 9.88 Å². The molecule has 6 atom stereocenters. The van der Waals surface area contributed by atoms with Gasteiger partial charge < -0.3 is 19.3 Å². The quantitative estimate of drug-likeness (QED) is 0.504. The van der Waals surface area contributed by atoms with Crippen LogP contribution in [0.15, 0.2) is 67.4 Å². The minimum absolute atomic E-state index is 0.148. The summed E-state index contributed by atoms with van der Waals surface area (Å²) in [4.78, 5) is 6.94. The van der Waals surface area contributed by atoms with Crippen molar-refractivity contribution in [3.05, 3.63) is 78.5 Å². The molecule has 6 rings (SSSR count). The number of benzene rings is 2. The van der Waals surface area contributed by atoms with Crippen LogP contribution in [0.25, 0.3) is 10.9 Å². The van der Waals surface area contributed by atoms with Gasteiger partial charge in [0.1, 0.15) is 17.6 Å². The minimum atomic E-state index is -0.500. The zero-order valence-electron chi connectivity index (χ0n) is 19.8. The highest BCUT2D eigenvalue weighted by atomic mass is 16.5. The number of ether oxygens (including phenoxy) is 3. The van der Waals surface area contributed by atoms with E-state index in [9.17, 15) is 5.11 Å². The van der Waals surface area contributed by atoms with Gasteiger partial charge in [-0.25, -0.2) is 0 Å². The molecule has 2 bridgehead atoms. The minimum Gasteiger partial charge on any atom is -0.497 e. The van der Waals surface area contributed by atoms with Crippen molar-refractivity contribution >= 4 is 10.9 Å². The van der Waals surface area contributed by atoms with E-state index in [1.165, 1.54) is 0 Å². The van der Waals surface area contributed by atoms with E-state index in [2.05, 4.69) is 16.5 Å². The molecule has 3 aliphatic rings. The molecule has 6 nitrogen and oxygen atoms in total. The largest absolute Gasteiger partial charge is 0.497 e. The predicted molar refractivity (Wildman–Crippen MR) is 132 cm³/mol. The number of aliphatic hydroxyl groups is 1. The van der Waals surface area contributed by atoms with Crippen molar-refractivity contribution in [3.8, 4) is 11.5 Å². The van der Waals surface area contributed by atoms with E-state index in [-0.39, 0.29) is 18.1 Å². The van der Waals surface area contributed by atoms with Crippen LogP contribution in [0.1, 0.15) is 23.7 Å². The summed E-state index contributed by atoms with van der Waals surface area (Å²) >= 11 is 0. The van der Waals surface area contributed by atoms with Crippen molar-refractivity contribution in [1.29, 1.82) is 0 Å². The molecule has 34 heavy (non-hydrogen) atoms. The van der Waals surface area contributed by atoms with Gasteiger partial charge in [-0.2, -0.15) is 0 Å². The lowest BCUT2D eigenvalue weighted by Gasteiger charge is -2.54. The molecule has 0 radical (unpaired) electrons. The van der Waals surface area contributed by atoms with Gasteiger partial charge in [0.15, 0.2) is 0 Å². The number of aromatic nitrogens is 1. The zero-order chi connectivity index (χ0) is 23.7. The third-order valence-corrected chi connectivity index (χ3v) is 7.45. The lowest BCUT2D eigenvalue weighted by Crippen LogP contribution is -2.63. The Bertz CT molecular complexity index is 1150. The molecule has 1 N–H and O–H groups in total. The lowest BCUT2D eigenvalue weighted by atomic mass is 9.71. The first-order valence-electron chi connectivity index (χ1n) is 11.8. The standard InChI is InChI=1S/C28H32N2O4/c1-4-19-16-30-14-12-22(19)27(31)26(30)28(34-17-18-5-7-20(32-2)8-6-18)23-11-13-29-25-10-9-21(33-3)15-24(23)25/h4-11,13,15,19,22,26-28,31H,1,12,14,16-17H2,2-3H3/t19-,22+,26-,27+,28+/m0/s1. The molecule has 1 unspecified atom stereocenters. The lowest BCUT2D eigenvalue weighted by molar-refractivity contribution is -0.148. The van der Waals surface area contributed by atoms with E-state index in [1.54, 1.807) is 14.2 Å². The van der Waals surface area contributed by atoms with Gasteiger partial charge in [0.25, 0.3) is 0 Å². The Morgan fingerprint density at radius 1 is 1.12 bits per heavy atom. The van der Waals surface area contributed by atoms with Gasteiger partial charge in [0.05, 0.1) is 38.5 Å². The molecule has 0 aliphatic carbocycles. The summed E-state index contributed by atoms with van der Waals surface area (Å²) in [6.45, 7) is 6.28. The van der Waals surface area contributed by atoms with Gasteiger partial charge in [-0.3, -0.25) is 9.88 Å². The summed E-state index contributed by atoms with van der Waals surface area (Å²) in [6.07, 6.45) is 3.97. The highest BCUT2D eigenvalue weighted by molar-refractivity contribution is 5.84. The number of pyridine rings is 1. The first-order valence-corrected chi connectivity index (χ1v) is 11.8. The molecular weight excluding hydrogens is 428 g/mol. The summed E-state index contributed by atoms with van der Waals surface area (Å²) in [6, 6.07) is 15.7. The van der Waals surface area contributed by atoms with Crippen molar-refractivity contribution < 1.29 is 19.3 Å². The average molecular weight is 461 g/mol. The fourth-order valence-corrected chi connectivity index (χ4v) is 5.61. The van der Waals surface area contributed by atoms with Crippen LogP contribution in [0.3, 0.4) is 0 Å². The number of fused-ring (bicyclic) bond motifs is 4. The van der Waals surface area contributed by atoms with E-state index < -0.39 is 6.10 Å². The first-order chi connectivity index (χ1) is 16.6. The predicted octanol–water partition coefficient (Wildman–Crippen LogP) is 4.38. The van der Waals surface area contributed by atoms with Gasteiger partial charge >= 0.3 is 0 Å². The summed E-state index contributed by atoms with van der Waals surface area (Å²) in [5.41, 5.74) is 2.95. The van der Waals surface area contributed by atoms with Gasteiger partial charge in [0.2, 0.25) is 0 Å². The molecular formula is C28H32N2O4. The Balaban J connectivity index is 1.54. The van der Waals surface area contributed by atoms with Crippen LogP contribution < -0.4 is 9.47 Å². The van der Waals surface area contributed by atoms with E-state index in [0.717, 1.165) is 53.0 Å². The monoisotopic (exact) mass is 460 g/mol. The first kappa shape index (κ1) is 22.8. The number of aliphatic hydroxyl groups excluding tert-OH is 1. The van der Waals surface area contributed by atoms with E-state index in [1.807, 2.05) is 60.8 Å². The molecule has 0 spiro atoms. The maximum absolute atomic E-state index is 11.5. The second-order valence-corrected chi connectivity index (χ2v) is 9.19. The summed E-state index contributed by atoms with van der Waals surface area (Å²) < 4.78 is 17.5. The average Bonchev–Trinajstić information content (AvgIpc) is 2.90. The van der Waals surface area contributed by atoms with Crippen molar-refractivity contribution in [2.75, 3.05) is 27.3 Å². The molecule has 0 saturated carbocycles. The van der Waals surface area contributed by atoms with E-state index >= 15 is 0 Å². The van der Waals surface area contributed by atoms with Crippen LogP contribution >= 0.6 is 0 Å². The number of methoxy groups -OCH3 is 2. The Morgan fingerprint density at radius 2 is 1.88 bits per heavy atom. The van der Waals surface area contributed by atoms with Crippen LogP contribution in [-0.2, 0) is 11.3 Å². The van der Waals surface area contributed by atoms with Crippen LogP contribution in [-0.4, -0.2) is 54.4 Å². The Hall–Kier alpha value is -2.93. The molecule has 3 aliphatic heterocycles. The fraction of sp³-hybridized carbons (Fsp3) is 0.393. The summed E-state index contributed by atoms with van der Waals surface area (Å²) in [5.74, 6) is 2.08. The van der Waals surface area contributed by atoms with Gasteiger partial charge in [-0.1, -0.05) is 18.2 Å². The molecule has 3 aromatic rings. The Labute approximate surface area is 200 Å². The zero-order valence-corrected chi connectivity index (χ0v) is 19.8. The van der Waals surface area contributed by atoms with Crippen molar-refractivity contribution in [2.24, 2.45) is 11.8 Å². The second-order valence-electron chi connectivity index (χ2n) is 9.19. The number of hydrogen-bond donors (Lipinski definition) is 1. The van der Waals surface area contributed by atoms with E-state index in [4.69, 9.17) is 14.2 Å². The molecule has 3 saturated heterocycles. The normalized spacial score (nSPS) is 26.9. The highest BCUT2D eigenvalue weighted by Gasteiger charge is 2.49. The third-order valence-electron chi connectivity index (χ3n) is 7.45. The summed E-state index contributed by atoms with van der Waals surface area (Å²) in [5, 5.41) is 12.5. The Kier molecular flexibility index (Phi) is 6.55. The van der Waals surface area contributed by atoms with Gasteiger partial charge in [0, 0.05) is 18.1 Å². The highest BCUT2D eigenvalue weighted by Crippen LogP contribution is 2.44. The Morgan fingerprint density at radius 3 is 2.59 bits per heavy atom.